The van der Waals surface area contributed by atoms with Crippen LogP contribution in [0.3, 0.4) is 0 Å². The molecule has 1 aromatic heterocycles. The summed E-state index contributed by atoms with van der Waals surface area (Å²) >= 11 is 0. The molecule has 0 saturated heterocycles. The van der Waals surface area contributed by atoms with Crippen LogP contribution >= 0.6 is 0 Å². The van der Waals surface area contributed by atoms with Gasteiger partial charge in [-0.2, -0.15) is 0 Å². The number of nitrogens with one attached hydrogen (secondary N) is 1. The summed E-state index contributed by atoms with van der Waals surface area (Å²) in [7, 11) is 1.64. The number of nitrogens with two attached hydrogens (primary N) is 1. The van der Waals surface area contributed by atoms with E-state index in [0.29, 0.717) is 0 Å². The molecular formula is C12H19N3O. The average molecular weight is 221 g/mol. The predicted molar refractivity (Wildman–Crippen MR) is 64.9 cm³/mol. The molecule has 1 aromatic rings. The summed E-state index contributed by atoms with van der Waals surface area (Å²) in [5.74, 6) is 6.33. The molecule has 4 nitrogen and oxygen atoms in total. The van der Waals surface area contributed by atoms with Gasteiger partial charge in [0.25, 0.3) is 0 Å². The first-order valence-electron chi connectivity index (χ1n) is 5.38. The molecule has 0 bridgehead atoms. The fraction of sp³-hybridized carbons (Fsp3) is 0.417. The largest absolute Gasteiger partial charge is 0.495 e. The van der Waals surface area contributed by atoms with Crippen molar-refractivity contribution in [3.63, 3.8) is 0 Å². The molecule has 0 aromatic carbocycles. The summed E-state index contributed by atoms with van der Waals surface area (Å²) in [6.45, 7) is 3.70. The third-order valence-corrected chi connectivity index (χ3v) is 2.51. The number of methoxy groups -OCH3 is 1. The van der Waals surface area contributed by atoms with Crippen molar-refractivity contribution in [3.8, 4) is 5.75 Å². The summed E-state index contributed by atoms with van der Waals surface area (Å²) in [6.07, 6.45) is 8.35. The maximum atomic E-state index is 5.56. The Bertz CT molecular complexity index is 328. The number of rotatable bonds is 7. The monoisotopic (exact) mass is 221 g/mol. The van der Waals surface area contributed by atoms with Crippen LogP contribution in [0.15, 0.2) is 31.1 Å². The van der Waals surface area contributed by atoms with Gasteiger partial charge >= 0.3 is 0 Å². The number of hydrogen-bond donors (Lipinski definition) is 2. The summed E-state index contributed by atoms with van der Waals surface area (Å²) < 4.78 is 5.26. The highest BCUT2D eigenvalue weighted by molar-refractivity contribution is 5.32. The Morgan fingerprint density at radius 3 is 3.12 bits per heavy atom. The van der Waals surface area contributed by atoms with Gasteiger partial charge in [-0.1, -0.05) is 6.08 Å². The average Bonchev–Trinajstić information content (AvgIpc) is 2.35. The summed E-state index contributed by atoms with van der Waals surface area (Å²) in [6, 6.07) is 2.02. The lowest BCUT2D eigenvalue weighted by atomic mass is 10.0. The van der Waals surface area contributed by atoms with Crippen LogP contribution in [0.4, 0.5) is 0 Å². The van der Waals surface area contributed by atoms with Gasteiger partial charge in [-0.05, 0) is 25.3 Å². The van der Waals surface area contributed by atoms with Gasteiger partial charge in [0.2, 0.25) is 0 Å². The molecule has 4 heteroatoms. The Hall–Kier alpha value is -1.39. The normalized spacial score (nSPS) is 12.1. The first-order chi connectivity index (χ1) is 7.83. The molecule has 16 heavy (non-hydrogen) atoms. The van der Waals surface area contributed by atoms with Crippen molar-refractivity contribution in [2.45, 2.75) is 25.3 Å². The van der Waals surface area contributed by atoms with E-state index in [1.54, 1.807) is 19.5 Å². The number of nitrogens with zero attached hydrogens (tertiary/aromatic N) is 1. The molecule has 0 spiro atoms. The number of allylic oxidation sites excluding steroid dienone is 1. The van der Waals surface area contributed by atoms with Crippen LogP contribution in [0, 0.1) is 0 Å². The molecule has 0 fully saturated rings. The van der Waals surface area contributed by atoms with Crippen molar-refractivity contribution in [1.82, 2.24) is 10.4 Å². The molecule has 0 amide bonds. The van der Waals surface area contributed by atoms with Crippen LogP contribution in [0.1, 0.15) is 30.9 Å². The number of pyridine rings is 1. The van der Waals surface area contributed by atoms with Crippen molar-refractivity contribution < 1.29 is 4.74 Å². The number of hydrogen-bond acceptors (Lipinski definition) is 4. The van der Waals surface area contributed by atoms with Gasteiger partial charge in [-0.15, -0.1) is 6.58 Å². The van der Waals surface area contributed by atoms with Gasteiger partial charge in [0, 0.05) is 17.8 Å². The molecule has 0 aliphatic carbocycles. The van der Waals surface area contributed by atoms with E-state index in [2.05, 4.69) is 17.0 Å². The molecule has 1 heterocycles. The zero-order valence-electron chi connectivity index (χ0n) is 9.65. The van der Waals surface area contributed by atoms with Crippen LogP contribution in [0.5, 0.6) is 5.75 Å². The molecule has 1 unspecified atom stereocenters. The molecule has 1 rings (SSSR count). The third-order valence-electron chi connectivity index (χ3n) is 2.51. The highest BCUT2D eigenvalue weighted by Crippen LogP contribution is 2.26. The van der Waals surface area contributed by atoms with E-state index in [1.807, 2.05) is 12.1 Å². The Kier molecular flexibility index (Phi) is 5.53. The van der Waals surface area contributed by atoms with E-state index in [-0.39, 0.29) is 6.04 Å². The van der Waals surface area contributed by atoms with Crippen molar-refractivity contribution in [2.75, 3.05) is 7.11 Å². The van der Waals surface area contributed by atoms with Crippen molar-refractivity contribution in [3.05, 3.63) is 36.7 Å². The van der Waals surface area contributed by atoms with Crippen LogP contribution < -0.4 is 16.0 Å². The summed E-state index contributed by atoms with van der Waals surface area (Å²) in [5.41, 5.74) is 3.86. The van der Waals surface area contributed by atoms with Gasteiger partial charge in [-0.3, -0.25) is 16.3 Å². The minimum Gasteiger partial charge on any atom is -0.495 e. The zero-order chi connectivity index (χ0) is 11.8. The molecular weight excluding hydrogens is 202 g/mol. The van der Waals surface area contributed by atoms with Crippen LogP contribution in [0.2, 0.25) is 0 Å². The van der Waals surface area contributed by atoms with E-state index < -0.39 is 0 Å². The van der Waals surface area contributed by atoms with Crippen molar-refractivity contribution in [2.24, 2.45) is 5.84 Å². The second-order valence-corrected chi connectivity index (χ2v) is 3.56. The number of unbranched alkanes of at least 4 members (excludes halogenated alkanes) is 1. The highest BCUT2D eigenvalue weighted by atomic mass is 16.5. The molecule has 1 atom stereocenters. The van der Waals surface area contributed by atoms with E-state index in [0.717, 1.165) is 30.6 Å². The molecule has 3 N–H and O–H groups in total. The highest BCUT2D eigenvalue weighted by Gasteiger charge is 2.13. The van der Waals surface area contributed by atoms with Gasteiger partial charge in [0.15, 0.2) is 0 Å². The number of hydrazine groups is 1. The molecule has 88 valence electrons. The Labute approximate surface area is 96.5 Å². The van der Waals surface area contributed by atoms with Crippen LogP contribution in [-0.2, 0) is 0 Å². The zero-order valence-corrected chi connectivity index (χ0v) is 9.65. The molecule has 0 aliphatic heterocycles. The molecule has 0 saturated carbocycles. The maximum Gasteiger partial charge on any atom is 0.141 e. The molecule has 0 aliphatic rings. The van der Waals surface area contributed by atoms with Crippen LogP contribution in [-0.4, -0.2) is 12.1 Å². The first-order valence-corrected chi connectivity index (χ1v) is 5.38. The predicted octanol–water partition coefficient (Wildman–Crippen LogP) is 1.95. The Balaban J connectivity index is 2.73. The number of aromatic nitrogens is 1. The minimum atomic E-state index is 0.0953. The van der Waals surface area contributed by atoms with Gasteiger partial charge < -0.3 is 4.74 Å². The lowest BCUT2D eigenvalue weighted by molar-refractivity contribution is 0.392. The fourth-order valence-electron chi connectivity index (χ4n) is 1.64. The topological polar surface area (TPSA) is 60.2 Å². The van der Waals surface area contributed by atoms with E-state index in [1.165, 1.54) is 0 Å². The standard InChI is InChI=1S/C12H19N3O/c1-3-4-5-6-11(15-13)10-7-8-14-9-12(10)16-2/h3,7-9,11,15H,1,4-6,13H2,2H3. The van der Waals surface area contributed by atoms with Gasteiger partial charge in [0.05, 0.1) is 13.3 Å². The minimum absolute atomic E-state index is 0.0953. The lowest BCUT2D eigenvalue weighted by Crippen LogP contribution is -2.28. The first kappa shape index (κ1) is 12.7. The molecule has 0 radical (unpaired) electrons. The van der Waals surface area contributed by atoms with Crippen molar-refractivity contribution >= 4 is 0 Å². The third kappa shape index (κ3) is 3.32. The summed E-state index contributed by atoms with van der Waals surface area (Å²) in [4.78, 5) is 4.02. The van der Waals surface area contributed by atoms with Crippen molar-refractivity contribution in [1.29, 1.82) is 0 Å². The fourth-order valence-corrected chi connectivity index (χ4v) is 1.64. The van der Waals surface area contributed by atoms with E-state index in [9.17, 15) is 0 Å². The Morgan fingerprint density at radius 2 is 2.50 bits per heavy atom. The quantitative estimate of drug-likeness (QED) is 0.320. The van der Waals surface area contributed by atoms with Crippen LogP contribution in [0.25, 0.3) is 0 Å². The van der Waals surface area contributed by atoms with Gasteiger partial charge in [0.1, 0.15) is 5.75 Å². The number of ether oxygens (including phenoxy) is 1. The SMILES string of the molecule is C=CCCCC(NN)c1ccncc1OC. The lowest BCUT2D eigenvalue weighted by Gasteiger charge is -2.18. The Morgan fingerprint density at radius 1 is 1.69 bits per heavy atom. The van der Waals surface area contributed by atoms with Gasteiger partial charge in [-0.25, -0.2) is 0 Å². The second-order valence-electron chi connectivity index (χ2n) is 3.56. The maximum absolute atomic E-state index is 5.56. The smallest absolute Gasteiger partial charge is 0.141 e. The second kappa shape index (κ2) is 6.98. The summed E-state index contributed by atoms with van der Waals surface area (Å²) in [5, 5.41) is 0. The van der Waals surface area contributed by atoms with E-state index >= 15 is 0 Å². The van der Waals surface area contributed by atoms with E-state index in [4.69, 9.17) is 10.6 Å².